The Morgan fingerprint density at radius 3 is 2.31 bits per heavy atom. The molecule has 5 rings (SSSR count). The molecule has 0 saturated carbocycles. The molecular formula is C31H24ClFN2O3S. The summed E-state index contributed by atoms with van der Waals surface area (Å²) in [7, 11) is 0. The quantitative estimate of drug-likeness (QED) is 0.274. The third-order valence-electron chi connectivity index (χ3n) is 6.92. The van der Waals surface area contributed by atoms with Gasteiger partial charge in [0, 0.05) is 16.5 Å². The molecule has 0 spiro atoms. The first-order valence-corrected chi connectivity index (χ1v) is 13.5. The van der Waals surface area contributed by atoms with Crippen LogP contribution in [0.4, 0.5) is 4.39 Å². The fraction of sp³-hybridized carbons (Fsp3) is 0.129. The number of nitrogens with zero attached hydrogens (tertiary/aromatic N) is 1. The highest BCUT2D eigenvalue weighted by molar-refractivity contribution is 7.12. The van der Waals surface area contributed by atoms with Gasteiger partial charge in [-0.05, 0) is 52.9 Å². The highest BCUT2D eigenvalue weighted by atomic mass is 35.5. The molecule has 1 aliphatic heterocycles. The summed E-state index contributed by atoms with van der Waals surface area (Å²) in [5, 5.41) is 2.29. The zero-order chi connectivity index (χ0) is 27.5. The molecule has 0 bridgehead atoms. The van der Waals surface area contributed by atoms with Crippen LogP contribution >= 0.6 is 22.9 Å². The second-order valence-electron chi connectivity index (χ2n) is 9.28. The van der Waals surface area contributed by atoms with E-state index in [1.54, 1.807) is 47.9 Å². The fourth-order valence-corrected chi connectivity index (χ4v) is 6.09. The van der Waals surface area contributed by atoms with Gasteiger partial charge in [-0.3, -0.25) is 14.4 Å². The van der Waals surface area contributed by atoms with Crippen LogP contribution in [0.1, 0.15) is 37.1 Å². The van der Waals surface area contributed by atoms with E-state index >= 15 is 0 Å². The van der Waals surface area contributed by atoms with Crippen molar-refractivity contribution < 1.29 is 18.8 Å². The SMILES string of the molecule is NC(=O)C1C(c2ccc(Cl)cc2)C(C(=O)c2cccs2)C(C=Cc2ccccc2)N1C(=O)c1cccc(F)c1. The third-order valence-corrected chi connectivity index (χ3v) is 8.06. The van der Waals surface area contributed by atoms with Crippen LogP contribution in [0.25, 0.3) is 6.08 Å². The number of carbonyl (C=O) groups excluding carboxylic acids is 3. The van der Waals surface area contributed by atoms with E-state index in [4.69, 9.17) is 17.3 Å². The van der Waals surface area contributed by atoms with Gasteiger partial charge in [-0.2, -0.15) is 0 Å². The monoisotopic (exact) mass is 558 g/mol. The number of ketones is 1. The van der Waals surface area contributed by atoms with E-state index in [9.17, 15) is 18.8 Å². The van der Waals surface area contributed by atoms with Crippen LogP contribution in [0.3, 0.4) is 0 Å². The lowest BCUT2D eigenvalue weighted by molar-refractivity contribution is -0.122. The number of primary amides is 1. The van der Waals surface area contributed by atoms with E-state index in [1.807, 2.05) is 36.4 Å². The van der Waals surface area contributed by atoms with Gasteiger partial charge < -0.3 is 10.6 Å². The molecule has 4 aromatic rings. The first-order chi connectivity index (χ1) is 18.8. The van der Waals surface area contributed by atoms with Crippen molar-refractivity contribution in [2.24, 2.45) is 11.7 Å². The number of carbonyl (C=O) groups is 3. The number of thiophene rings is 1. The van der Waals surface area contributed by atoms with E-state index in [0.29, 0.717) is 15.5 Å². The summed E-state index contributed by atoms with van der Waals surface area (Å²) in [5.41, 5.74) is 7.53. The molecule has 2 heterocycles. The summed E-state index contributed by atoms with van der Waals surface area (Å²) >= 11 is 7.44. The first kappa shape index (κ1) is 26.5. The predicted molar refractivity (Wildman–Crippen MR) is 151 cm³/mol. The second-order valence-corrected chi connectivity index (χ2v) is 10.7. The van der Waals surface area contributed by atoms with E-state index in [0.717, 1.165) is 11.6 Å². The van der Waals surface area contributed by atoms with Crippen LogP contribution in [0, 0.1) is 11.7 Å². The third kappa shape index (κ3) is 5.41. The minimum absolute atomic E-state index is 0.0541. The van der Waals surface area contributed by atoms with Crippen LogP contribution in [0.5, 0.6) is 0 Å². The molecule has 4 atom stereocenters. The summed E-state index contributed by atoms with van der Waals surface area (Å²) in [6.45, 7) is 0. The topological polar surface area (TPSA) is 80.5 Å². The first-order valence-electron chi connectivity index (χ1n) is 12.3. The summed E-state index contributed by atoms with van der Waals surface area (Å²) < 4.78 is 14.2. The van der Waals surface area contributed by atoms with Crippen molar-refractivity contribution in [3.63, 3.8) is 0 Å². The maximum absolute atomic E-state index is 14.2. The number of amides is 2. The molecule has 39 heavy (non-hydrogen) atoms. The Morgan fingerprint density at radius 1 is 0.923 bits per heavy atom. The van der Waals surface area contributed by atoms with Gasteiger partial charge in [0.1, 0.15) is 11.9 Å². The van der Waals surface area contributed by atoms with E-state index in [-0.39, 0.29) is 11.3 Å². The molecule has 4 unspecified atom stereocenters. The van der Waals surface area contributed by atoms with Crippen molar-refractivity contribution in [3.8, 4) is 0 Å². The smallest absolute Gasteiger partial charge is 0.255 e. The molecule has 3 aromatic carbocycles. The van der Waals surface area contributed by atoms with Gasteiger partial charge in [0.25, 0.3) is 5.91 Å². The number of rotatable bonds is 7. The van der Waals surface area contributed by atoms with Crippen LogP contribution in [-0.4, -0.2) is 34.6 Å². The zero-order valence-electron chi connectivity index (χ0n) is 20.6. The largest absolute Gasteiger partial charge is 0.368 e. The molecule has 1 saturated heterocycles. The normalized spacial score (nSPS) is 20.8. The number of hydrogen-bond acceptors (Lipinski definition) is 4. The average molecular weight is 559 g/mol. The molecule has 1 aliphatic rings. The number of benzene rings is 3. The van der Waals surface area contributed by atoms with E-state index < -0.39 is 41.6 Å². The van der Waals surface area contributed by atoms with Gasteiger partial charge in [0.2, 0.25) is 5.91 Å². The Labute approximate surface area is 234 Å². The number of halogens is 2. The Bertz CT molecular complexity index is 1520. The number of nitrogens with two attached hydrogens (primary N) is 1. The second kappa shape index (κ2) is 11.4. The van der Waals surface area contributed by atoms with Crippen molar-refractivity contribution in [1.82, 2.24) is 4.90 Å². The molecule has 2 N–H and O–H groups in total. The van der Waals surface area contributed by atoms with Crippen molar-refractivity contribution in [2.75, 3.05) is 0 Å². The van der Waals surface area contributed by atoms with Gasteiger partial charge in [-0.25, -0.2) is 4.39 Å². The molecule has 1 fully saturated rings. The van der Waals surface area contributed by atoms with E-state index in [2.05, 4.69) is 0 Å². The van der Waals surface area contributed by atoms with Crippen LogP contribution in [-0.2, 0) is 4.79 Å². The molecule has 0 aliphatic carbocycles. The van der Waals surface area contributed by atoms with Crippen LogP contribution in [0.2, 0.25) is 5.02 Å². The van der Waals surface area contributed by atoms with Crippen molar-refractivity contribution in [1.29, 1.82) is 0 Å². The van der Waals surface area contributed by atoms with Crippen LogP contribution in [0.15, 0.2) is 102 Å². The lowest BCUT2D eigenvalue weighted by atomic mass is 9.78. The minimum atomic E-state index is -1.18. The van der Waals surface area contributed by atoms with E-state index in [1.165, 1.54) is 34.4 Å². The average Bonchev–Trinajstić information content (AvgIpc) is 3.59. The Hall–Kier alpha value is -4.07. The number of hydrogen-bond donors (Lipinski definition) is 1. The maximum Gasteiger partial charge on any atom is 0.255 e. The summed E-state index contributed by atoms with van der Waals surface area (Å²) in [4.78, 5) is 43.1. The van der Waals surface area contributed by atoms with Gasteiger partial charge in [-0.15, -0.1) is 11.3 Å². The summed E-state index contributed by atoms with van der Waals surface area (Å²) in [6.07, 6.45) is 3.57. The maximum atomic E-state index is 14.2. The Kier molecular flexibility index (Phi) is 7.72. The zero-order valence-corrected chi connectivity index (χ0v) is 22.2. The van der Waals surface area contributed by atoms with Gasteiger partial charge in [0.15, 0.2) is 5.78 Å². The molecule has 0 radical (unpaired) electrons. The summed E-state index contributed by atoms with van der Waals surface area (Å²) in [5.74, 6) is -3.78. The lowest BCUT2D eigenvalue weighted by Gasteiger charge is -2.29. The predicted octanol–water partition coefficient (Wildman–Crippen LogP) is 6.22. The summed E-state index contributed by atoms with van der Waals surface area (Å²) in [6, 6.07) is 23.0. The molecule has 1 aromatic heterocycles. The highest BCUT2D eigenvalue weighted by Crippen LogP contribution is 2.46. The molecule has 2 amide bonds. The lowest BCUT2D eigenvalue weighted by Crippen LogP contribution is -2.48. The van der Waals surface area contributed by atoms with Gasteiger partial charge >= 0.3 is 0 Å². The molecule has 196 valence electrons. The fourth-order valence-electron chi connectivity index (χ4n) is 5.25. The van der Waals surface area contributed by atoms with Crippen LogP contribution < -0.4 is 5.73 Å². The minimum Gasteiger partial charge on any atom is -0.368 e. The number of likely N-dealkylation sites (tertiary alicyclic amines) is 1. The van der Waals surface area contributed by atoms with Gasteiger partial charge in [0.05, 0.1) is 16.8 Å². The van der Waals surface area contributed by atoms with Crippen molar-refractivity contribution >= 4 is 46.6 Å². The van der Waals surface area contributed by atoms with Crippen molar-refractivity contribution in [2.45, 2.75) is 18.0 Å². The molecule has 8 heteroatoms. The number of Topliss-reactive ketones (excluding diaryl/α,β-unsaturated/α-hetero) is 1. The highest BCUT2D eigenvalue weighted by Gasteiger charge is 2.55. The molecular weight excluding hydrogens is 535 g/mol. The molecule has 5 nitrogen and oxygen atoms in total. The Morgan fingerprint density at radius 2 is 1.67 bits per heavy atom. The van der Waals surface area contributed by atoms with Crippen molar-refractivity contribution in [3.05, 3.63) is 135 Å². The van der Waals surface area contributed by atoms with Gasteiger partial charge in [-0.1, -0.05) is 78.4 Å². The standard InChI is InChI=1S/C31H24ClFN2O3S/c32-22-14-12-20(13-15-22)26-27(29(36)25-10-5-17-39-25)24(16-11-19-6-2-1-3-7-19)35(28(26)30(34)37)31(38)21-8-4-9-23(33)18-21/h1-18,24,26-28H,(H2,34,37). The Balaban J connectivity index is 1.72.